The van der Waals surface area contributed by atoms with Crippen molar-refractivity contribution in [3.8, 4) is 5.75 Å². The van der Waals surface area contributed by atoms with Gasteiger partial charge in [0, 0.05) is 31.9 Å². The molecule has 1 atom stereocenters. The van der Waals surface area contributed by atoms with Gasteiger partial charge in [-0.25, -0.2) is 4.99 Å². The lowest BCUT2D eigenvalue weighted by molar-refractivity contribution is 0.0672. The molecule has 1 unspecified atom stereocenters. The fourth-order valence-electron chi connectivity index (χ4n) is 3.18. The van der Waals surface area contributed by atoms with E-state index in [-0.39, 0.29) is 6.54 Å². The molecule has 0 aliphatic heterocycles. The number of aliphatic hydroxyl groups is 1. The summed E-state index contributed by atoms with van der Waals surface area (Å²) in [5, 5.41) is 21.4. The van der Waals surface area contributed by atoms with Gasteiger partial charge in [-0.15, -0.1) is 0 Å². The highest BCUT2D eigenvalue weighted by molar-refractivity contribution is 5.79. The zero-order chi connectivity index (χ0) is 22.8. The quantitative estimate of drug-likeness (QED) is 0.337. The Labute approximate surface area is 190 Å². The van der Waals surface area contributed by atoms with E-state index in [2.05, 4.69) is 45.0 Å². The number of ether oxygens (including phenoxy) is 1. The van der Waals surface area contributed by atoms with Crippen LogP contribution in [0.4, 0.5) is 0 Å². The summed E-state index contributed by atoms with van der Waals surface area (Å²) in [6.45, 7) is 6.04. The Morgan fingerprint density at radius 3 is 2.50 bits per heavy atom. The molecule has 170 valence electrons. The van der Waals surface area contributed by atoms with Gasteiger partial charge in [-0.2, -0.15) is 5.10 Å². The Hall–Kier alpha value is -3.32. The van der Waals surface area contributed by atoms with Gasteiger partial charge < -0.3 is 20.5 Å². The number of nitrogens with zero attached hydrogens (tertiary/aromatic N) is 3. The minimum Gasteiger partial charge on any atom is -0.489 e. The number of aliphatic imine (C=N–C) groups is 1. The summed E-state index contributed by atoms with van der Waals surface area (Å²) in [5.74, 6) is 1.54. The number of hydrogen-bond acceptors (Lipinski definition) is 4. The van der Waals surface area contributed by atoms with Crippen LogP contribution in [0.5, 0.6) is 5.75 Å². The number of rotatable bonds is 10. The number of aromatic nitrogens is 2. The van der Waals surface area contributed by atoms with Crippen molar-refractivity contribution in [3.63, 3.8) is 0 Å². The third-order valence-electron chi connectivity index (χ3n) is 5.09. The Kier molecular flexibility index (Phi) is 8.27. The molecule has 0 amide bonds. The lowest BCUT2D eigenvalue weighted by Gasteiger charge is -2.20. The number of nitrogens with one attached hydrogen (secondary N) is 2. The van der Waals surface area contributed by atoms with E-state index >= 15 is 0 Å². The first kappa shape index (κ1) is 23.3. The number of hydrogen-bond donors (Lipinski definition) is 3. The molecule has 1 heterocycles. The maximum absolute atomic E-state index is 10.7. The van der Waals surface area contributed by atoms with Gasteiger partial charge in [0.15, 0.2) is 5.96 Å². The number of aryl methyl sites for hydroxylation is 1. The fraction of sp³-hybridized carbons (Fsp3) is 0.360. The van der Waals surface area contributed by atoms with Crippen molar-refractivity contribution in [2.75, 3.05) is 19.6 Å². The molecule has 3 rings (SSSR count). The van der Waals surface area contributed by atoms with Gasteiger partial charge in [-0.05, 0) is 43.5 Å². The van der Waals surface area contributed by atoms with Crippen molar-refractivity contribution in [1.82, 2.24) is 20.4 Å². The predicted octanol–water partition coefficient (Wildman–Crippen LogP) is 3.00. The molecule has 3 N–H and O–H groups in total. The first-order valence-electron chi connectivity index (χ1n) is 11.0. The van der Waals surface area contributed by atoms with Crippen molar-refractivity contribution in [2.24, 2.45) is 12.0 Å². The Morgan fingerprint density at radius 1 is 1.09 bits per heavy atom. The van der Waals surface area contributed by atoms with Crippen LogP contribution < -0.4 is 15.4 Å². The molecule has 0 aliphatic carbocycles. The zero-order valence-electron chi connectivity index (χ0n) is 19.1. The van der Waals surface area contributed by atoms with E-state index in [9.17, 15) is 5.11 Å². The lowest BCUT2D eigenvalue weighted by Crippen LogP contribution is -2.39. The SMILES string of the molecule is CCNC(=NCC(C)(O)c1cnn(C)c1)NCCc1ccc(OCc2ccccc2)cc1. The summed E-state index contributed by atoms with van der Waals surface area (Å²) in [4.78, 5) is 4.56. The molecule has 0 fully saturated rings. The van der Waals surface area contributed by atoms with E-state index in [0.29, 0.717) is 12.6 Å². The summed E-state index contributed by atoms with van der Waals surface area (Å²) in [6.07, 6.45) is 4.33. The Morgan fingerprint density at radius 2 is 1.84 bits per heavy atom. The molecule has 0 radical (unpaired) electrons. The van der Waals surface area contributed by atoms with Crippen LogP contribution in [0.2, 0.25) is 0 Å². The van der Waals surface area contributed by atoms with Crippen LogP contribution in [-0.4, -0.2) is 40.5 Å². The van der Waals surface area contributed by atoms with Gasteiger partial charge in [0.25, 0.3) is 0 Å². The van der Waals surface area contributed by atoms with Crippen LogP contribution in [-0.2, 0) is 25.7 Å². The highest BCUT2D eigenvalue weighted by Gasteiger charge is 2.24. The molecule has 0 saturated heterocycles. The normalized spacial score (nSPS) is 13.4. The molecule has 32 heavy (non-hydrogen) atoms. The van der Waals surface area contributed by atoms with E-state index in [1.54, 1.807) is 17.8 Å². The maximum Gasteiger partial charge on any atom is 0.191 e. The van der Waals surface area contributed by atoms with E-state index in [0.717, 1.165) is 36.4 Å². The van der Waals surface area contributed by atoms with Gasteiger partial charge in [-0.1, -0.05) is 42.5 Å². The van der Waals surface area contributed by atoms with Crippen LogP contribution in [0.15, 0.2) is 72.0 Å². The predicted molar refractivity (Wildman–Crippen MR) is 128 cm³/mol. The van der Waals surface area contributed by atoms with Gasteiger partial charge in [0.05, 0.1) is 12.7 Å². The van der Waals surface area contributed by atoms with Gasteiger partial charge in [0.2, 0.25) is 0 Å². The smallest absolute Gasteiger partial charge is 0.191 e. The summed E-state index contributed by atoms with van der Waals surface area (Å²) in [6, 6.07) is 18.3. The maximum atomic E-state index is 10.7. The first-order chi connectivity index (χ1) is 15.5. The average molecular weight is 436 g/mol. The van der Waals surface area contributed by atoms with Gasteiger partial charge >= 0.3 is 0 Å². The lowest BCUT2D eigenvalue weighted by atomic mass is 10.0. The van der Waals surface area contributed by atoms with Gasteiger partial charge in [-0.3, -0.25) is 4.68 Å². The van der Waals surface area contributed by atoms with E-state index in [1.165, 1.54) is 5.56 Å². The van der Waals surface area contributed by atoms with Gasteiger partial charge in [0.1, 0.15) is 18.0 Å². The summed E-state index contributed by atoms with van der Waals surface area (Å²) < 4.78 is 7.52. The minimum absolute atomic E-state index is 0.238. The third kappa shape index (κ3) is 7.13. The molecule has 1 aromatic heterocycles. The van der Waals surface area contributed by atoms with Crippen LogP contribution in [0.3, 0.4) is 0 Å². The number of benzene rings is 2. The molecule has 0 bridgehead atoms. The summed E-state index contributed by atoms with van der Waals surface area (Å²) in [7, 11) is 1.83. The second kappa shape index (κ2) is 11.3. The van der Waals surface area contributed by atoms with Crippen LogP contribution in [0.1, 0.15) is 30.5 Å². The van der Waals surface area contributed by atoms with Crippen molar-refractivity contribution in [2.45, 2.75) is 32.5 Å². The largest absolute Gasteiger partial charge is 0.489 e. The average Bonchev–Trinajstić information content (AvgIpc) is 3.25. The highest BCUT2D eigenvalue weighted by Crippen LogP contribution is 2.20. The second-order valence-corrected chi connectivity index (χ2v) is 7.97. The standard InChI is InChI=1S/C25H33N5O2/c1-4-26-24(28-19-25(2,31)22-16-29-30(3)17-22)27-15-14-20-10-12-23(13-11-20)32-18-21-8-6-5-7-9-21/h5-13,16-17,31H,4,14-15,18-19H2,1-3H3,(H2,26,27,28). The van der Waals surface area contributed by atoms with E-state index in [4.69, 9.17) is 4.74 Å². The molecule has 7 nitrogen and oxygen atoms in total. The molecule has 3 aromatic rings. The van der Waals surface area contributed by atoms with Crippen molar-refractivity contribution >= 4 is 5.96 Å². The monoisotopic (exact) mass is 435 g/mol. The highest BCUT2D eigenvalue weighted by atomic mass is 16.5. The van der Waals surface area contributed by atoms with Crippen molar-refractivity contribution < 1.29 is 9.84 Å². The first-order valence-corrected chi connectivity index (χ1v) is 11.0. The fourth-order valence-corrected chi connectivity index (χ4v) is 3.18. The zero-order valence-corrected chi connectivity index (χ0v) is 19.1. The Bertz CT molecular complexity index is 981. The molecule has 0 spiro atoms. The molecule has 7 heteroatoms. The van der Waals surface area contributed by atoms with Crippen LogP contribution in [0.25, 0.3) is 0 Å². The van der Waals surface area contributed by atoms with Crippen LogP contribution in [0, 0.1) is 0 Å². The van der Waals surface area contributed by atoms with E-state index < -0.39 is 5.60 Å². The van der Waals surface area contributed by atoms with Crippen molar-refractivity contribution in [1.29, 1.82) is 0 Å². The second-order valence-electron chi connectivity index (χ2n) is 7.97. The molecular formula is C25H33N5O2. The summed E-state index contributed by atoms with van der Waals surface area (Å²) >= 11 is 0. The summed E-state index contributed by atoms with van der Waals surface area (Å²) in [5.41, 5.74) is 2.03. The minimum atomic E-state index is -1.08. The molecule has 0 aliphatic rings. The van der Waals surface area contributed by atoms with Crippen LogP contribution >= 0.6 is 0 Å². The van der Waals surface area contributed by atoms with Crippen molar-refractivity contribution in [3.05, 3.63) is 83.7 Å². The third-order valence-corrected chi connectivity index (χ3v) is 5.09. The van der Waals surface area contributed by atoms with E-state index in [1.807, 2.05) is 50.5 Å². The number of guanidine groups is 1. The Balaban J connectivity index is 1.47. The molecule has 2 aromatic carbocycles. The molecular weight excluding hydrogens is 402 g/mol. The molecule has 0 saturated carbocycles. The topological polar surface area (TPSA) is 83.7 Å².